The fourth-order valence-electron chi connectivity index (χ4n) is 2.79. The van der Waals surface area contributed by atoms with Crippen molar-refractivity contribution in [2.24, 2.45) is 0 Å². The number of carboxylic acid groups (broad SMARTS) is 1. The highest BCUT2D eigenvalue weighted by atomic mass is 16.5. The molecule has 0 amide bonds. The molecule has 0 aliphatic carbocycles. The second-order valence-electron chi connectivity index (χ2n) is 5.27. The number of hydrogen-bond donors (Lipinski definition) is 2. The average Bonchev–Trinajstić information content (AvgIpc) is 2.45. The van der Waals surface area contributed by atoms with E-state index in [1.54, 1.807) is 19.2 Å². The molecular formula is C15H22N2O3. The van der Waals surface area contributed by atoms with Gasteiger partial charge in [0.15, 0.2) is 0 Å². The summed E-state index contributed by atoms with van der Waals surface area (Å²) < 4.78 is 5.53. The van der Waals surface area contributed by atoms with E-state index in [-0.39, 0.29) is 6.10 Å². The minimum Gasteiger partial charge on any atom is -0.478 e. The summed E-state index contributed by atoms with van der Waals surface area (Å²) in [6.45, 7) is 3.59. The summed E-state index contributed by atoms with van der Waals surface area (Å²) in [5.41, 5.74) is 2.26. The molecule has 5 heteroatoms. The van der Waals surface area contributed by atoms with Gasteiger partial charge in [-0.3, -0.25) is 0 Å². The molecule has 20 heavy (non-hydrogen) atoms. The molecule has 0 saturated carbocycles. The van der Waals surface area contributed by atoms with Gasteiger partial charge in [0.1, 0.15) is 0 Å². The van der Waals surface area contributed by atoms with Crippen LogP contribution in [0, 0.1) is 6.92 Å². The van der Waals surface area contributed by atoms with Crippen LogP contribution in [0.3, 0.4) is 0 Å². The molecule has 0 unspecified atom stereocenters. The lowest BCUT2D eigenvalue weighted by Crippen LogP contribution is -2.52. The highest BCUT2D eigenvalue weighted by Gasteiger charge is 2.28. The lowest BCUT2D eigenvalue weighted by atomic mass is 10.0. The minimum absolute atomic E-state index is 0.113. The second kappa shape index (κ2) is 6.24. The van der Waals surface area contributed by atoms with Crippen molar-refractivity contribution in [2.45, 2.75) is 25.5 Å². The third-order valence-corrected chi connectivity index (χ3v) is 3.91. The van der Waals surface area contributed by atoms with Crippen molar-refractivity contribution in [1.82, 2.24) is 5.32 Å². The zero-order valence-electron chi connectivity index (χ0n) is 12.2. The first-order chi connectivity index (χ1) is 9.55. The number of benzene rings is 1. The fraction of sp³-hybridized carbons (Fsp3) is 0.533. The Morgan fingerprint density at radius 1 is 1.45 bits per heavy atom. The monoisotopic (exact) mass is 278 g/mol. The van der Waals surface area contributed by atoms with Gasteiger partial charge in [-0.1, -0.05) is 0 Å². The van der Waals surface area contributed by atoms with Crippen LogP contribution in [0.5, 0.6) is 0 Å². The number of piperidine rings is 1. The molecule has 1 heterocycles. The van der Waals surface area contributed by atoms with Crippen molar-refractivity contribution in [3.63, 3.8) is 0 Å². The molecule has 1 saturated heterocycles. The first-order valence-corrected chi connectivity index (χ1v) is 6.85. The Hall–Kier alpha value is -1.59. The standard InChI is InChI=1S/C15H22N2O3/c1-10-6-11(15(18)19)8-12(7-10)17-5-4-13(16-2)14(9-17)20-3/h6-8,13-14,16H,4-5,9H2,1-3H3,(H,18,19)/t13-,14+/m1/s1. The van der Waals surface area contributed by atoms with Crippen LogP contribution in [0.1, 0.15) is 22.3 Å². The van der Waals surface area contributed by atoms with Gasteiger partial charge in [-0.05, 0) is 44.2 Å². The van der Waals surface area contributed by atoms with E-state index in [2.05, 4.69) is 10.2 Å². The first-order valence-electron chi connectivity index (χ1n) is 6.85. The SMILES string of the molecule is CN[C@@H]1CCN(c2cc(C)cc(C(=O)O)c2)C[C@@H]1OC. The summed E-state index contributed by atoms with van der Waals surface area (Å²) in [4.78, 5) is 13.3. The molecule has 2 N–H and O–H groups in total. The number of aryl methyl sites for hydroxylation is 1. The Labute approximate surface area is 119 Å². The van der Waals surface area contributed by atoms with Gasteiger partial charge in [-0.25, -0.2) is 4.79 Å². The largest absolute Gasteiger partial charge is 0.478 e. The molecule has 0 radical (unpaired) electrons. The molecule has 0 bridgehead atoms. The number of carbonyl (C=O) groups is 1. The number of nitrogens with zero attached hydrogens (tertiary/aromatic N) is 1. The van der Waals surface area contributed by atoms with E-state index in [9.17, 15) is 4.79 Å². The van der Waals surface area contributed by atoms with E-state index in [0.29, 0.717) is 11.6 Å². The topological polar surface area (TPSA) is 61.8 Å². The predicted octanol–water partition coefficient (Wildman–Crippen LogP) is 1.51. The Kier molecular flexibility index (Phi) is 4.62. The zero-order valence-corrected chi connectivity index (χ0v) is 12.2. The van der Waals surface area contributed by atoms with Crippen LogP contribution >= 0.6 is 0 Å². The van der Waals surface area contributed by atoms with E-state index in [1.165, 1.54) is 0 Å². The molecule has 1 aromatic carbocycles. The quantitative estimate of drug-likeness (QED) is 0.874. The number of ether oxygens (including phenoxy) is 1. The Balaban J connectivity index is 2.22. The van der Waals surface area contributed by atoms with Crippen molar-refractivity contribution in [1.29, 1.82) is 0 Å². The van der Waals surface area contributed by atoms with E-state index < -0.39 is 5.97 Å². The lowest BCUT2D eigenvalue weighted by Gasteiger charge is -2.39. The number of aromatic carboxylic acids is 1. The van der Waals surface area contributed by atoms with Crippen LogP contribution in [-0.2, 0) is 4.74 Å². The van der Waals surface area contributed by atoms with Crippen molar-refractivity contribution in [3.05, 3.63) is 29.3 Å². The normalized spacial score (nSPS) is 22.9. The van der Waals surface area contributed by atoms with Crippen LogP contribution in [-0.4, -0.2) is 50.5 Å². The molecule has 1 aliphatic heterocycles. The molecule has 1 fully saturated rings. The van der Waals surface area contributed by atoms with Crippen molar-refractivity contribution in [2.75, 3.05) is 32.1 Å². The number of hydrogen-bond acceptors (Lipinski definition) is 4. The molecule has 5 nitrogen and oxygen atoms in total. The summed E-state index contributed by atoms with van der Waals surface area (Å²) in [6, 6.07) is 5.81. The van der Waals surface area contributed by atoms with Gasteiger partial charge in [0.2, 0.25) is 0 Å². The van der Waals surface area contributed by atoms with Gasteiger partial charge in [-0.2, -0.15) is 0 Å². The van der Waals surface area contributed by atoms with E-state index in [4.69, 9.17) is 9.84 Å². The van der Waals surface area contributed by atoms with Gasteiger partial charge < -0.3 is 20.1 Å². The van der Waals surface area contributed by atoms with Gasteiger partial charge >= 0.3 is 5.97 Å². The first kappa shape index (κ1) is 14.8. The van der Waals surface area contributed by atoms with Gasteiger partial charge in [0.05, 0.1) is 11.7 Å². The predicted molar refractivity (Wildman–Crippen MR) is 78.6 cm³/mol. The van der Waals surface area contributed by atoms with Crippen LogP contribution in [0.25, 0.3) is 0 Å². The summed E-state index contributed by atoms with van der Waals surface area (Å²) in [7, 11) is 3.67. The molecule has 2 atom stereocenters. The van der Waals surface area contributed by atoms with E-state index in [0.717, 1.165) is 30.8 Å². The van der Waals surface area contributed by atoms with E-state index >= 15 is 0 Å². The van der Waals surface area contributed by atoms with Crippen LogP contribution in [0.4, 0.5) is 5.69 Å². The summed E-state index contributed by atoms with van der Waals surface area (Å²) >= 11 is 0. The maximum atomic E-state index is 11.2. The smallest absolute Gasteiger partial charge is 0.335 e. The summed E-state index contributed by atoms with van der Waals surface area (Å²) in [5, 5.41) is 12.4. The van der Waals surface area contributed by atoms with Crippen molar-refractivity contribution in [3.8, 4) is 0 Å². The Morgan fingerprint density at radius 3 is 2.80 bits per heavy atom. The van der Waals surface area contributed by atoms with Gasteiger partial charge in [0.25, 0.3) is 0 Å². The van der Waals surface area contributed by atoms with Crippen LogP contribution in [0.15, 0.2) is 18.2 Å². The van der Waals surface area contributed by atoms with Crippen molar-refractivity contribution >= 4 is 11.7 Å². The molecule has 0 spiro atoms. The Morgan fingerprint density at radius 2 is 2.20 bits per heavy atom. The number of likely N-dealkylation sites (N-methyl/N-ethyl adjacent to an activating group) is 1. The van der Waals surface area contributed by atoms with Gasteiger partial charge in [-0.15, -0.1) is 0 Å². The Bertz CT molecular complexity index is 490. The third kappa shape index (κ3) is 3.11. The zero-order chi connectivity index (χ0) is 14.7. The lowest BCUT2D eigenvalue weighted by molar-refractivity contribution is 0.0628. The minimum atomic E-state index is -0.886. The second-order valence-corrected chi connectivity index (χ2v) is 5.27. The third-order valence-electron chi connectivity index (χ3n) is 3.91. The maximum Gasteiger partial charge on any atom is 0.335 e. The highest BCUT2D eigenvalue weighted by molar-refractivity contribution is 5.89. The average molecular weight is 278 g/mol. The molecule has 0 aromatic heterocycles. The van der Waals surface area contributed by atoms with Crippen LogP contribution < -0.4 is 10.2 Å². The number of carboxylic acids is 1. The van der Waals surface area contributed by atoms with Gasteiger partial charge in [0, 0.05) is 31.9 Å². The van der Waals surface area contributed by atoms with E-state index in [1.807, 2.05) is 20.0 Å². The highest BCUT2D eigenvalue weighted by Crippen LogP contribution is 2.24. The number of rotatable bonds is 4. The summed E-state index contributed by atoms with van der Waals surface area (Å²) in [5.74, 6) is -0.886. The molecular weight excluding hydrogens is 256 g/mol. The molecule has 1 aliphatic rings. The number of methoxy groups -OCH3 is 1. The molecule has 1 aromatic rings. The van der Waals surface area contributed by atoms with Crippen LogP contribution in [0.2, 0.25) is 0 Å². The maximum absolute atomic E-state index is 11.2. The fourth-order valence-corrected chi connectivity index (χ4v) is 2.79. The molecule has 110 valence electrons. The number of anilines is 1. The summed E-state index contributed by atoms with van der Waals surface area (Å²) in [6.07, 6.45) is 1.09. The number of nitrogens with one attached hydrogen (secondary N) is 1. The molecule has 2 rings (SSSR count). The van der Waals surface area contributed by atoms with Crippen molar-refractivity contribution < 1.29 is 14.6 Å².